The highest BCUT2D eigenvalue weighted by molar-refractivity contribution is 6.30. The number of ether oxygens (including phenoxy) is 1. The molecule has 5 nitrogen and oxygen atoms in total. The molecule has 2 amide bonds. The van der Waals surface area contributed by atoms with E-state index in [1.807, 2.05) is 42.5 Å². The summed E-state index contributed by atoms with van der Waals surface area (Å²) in [6.45, 7) is 2.61. The van der Waals surface area contributed by atoms with Crippen molar-refractivity contribution in [3.8, 4) is 5.75 Å². The van der Waals surface area contributed by atoms with Crippen molar-refractivity contribution in [1.82, 2.24) is 10.2 Å². The van der Waals surface area contributed by atoms with Gasteiger partial charge >= 0.3 is 0 Å². The summed E-state index contributed by atoms with van der Waals surface area (Å²) in [5, 5.41) is 4.08. The molecule has 0 bridgehead atoms. The minimum absolute atomic E-state index is 0.194. The number of hydrogen-bond donors (Lipinski definition) is 1. The van der Waals surface area contributed by atoms with Crippen LogP contribution in [0.3, 0.4) is 0 Å². The van der Waals surface area contributed by atoms with Crippen LogP contribution in [0.4, 0.5) is 0 Å². The van der Waals surface area contributed by atoms with Crippen molar-refractivity contribution < 1.29 is 14.3 Å². The Morgan fingerprint density at radius 3 is 2.29 bits per heavy atom. The van der Waals surface area contributed by atoms with Crippen LogP contribution in [0.1, 0.15) is 30.9 Å². The Kier molecular flexibility index (Phi) is 10.5. The van der Waals surface area contributed by atoms with E-state index in [1.54, 1.807) is 41.3 Å². The molecule has 1 atom stereocenters. The zero-order chi connectivity index (χ0) is 25.0. The number of unbranched alkanes of at least 4 members (excludes halogenated alkanes) is 1. The largest absolute Gasteiger partial charge is 0.484 e. The molecule has 1 N–H and O–H groups in total. The Labute approximate surface area is 217 Å². The first-order chi connectivity index (χ1) is 17.0. The minimum Gasteiger partial charge on any atom is -0.484 e. The fraction of sp³-hybridized carbons (Fsp3) is 0.286. The van der Waals surface area contributed by atoms with Crippen molar-refractivity contribution in [2.24, 2.45) is 0 Å². The predicted molar refractivity (Wildman–Crippen MR) is 141 cm³/mol. The fourth-order valence-electron chi connectivity index (χ4n) is 3.68. The molecule has 0 radical (unpaired) electrons. The molecular formula is C28H30Cl2N2O3. The second kappa shape index (κ2) is 13.8. The van der Waals surface area contributed by atoms with E-state index in [-0.39, 0.29) is 25.0 Å². The van der Waals surface area contributed by atoms with Crippen molar-refractivity contribution >= 4 is 35.0 Å². The molecule has 3 aromatic carbocycles. The lowest BCUT2D eigenvalue weighted by molar-refractivity contribution is -0.142. The molecule has 0 saturated heterocycles. The molecule has 0 heterocycles. The van der Waals surface area contributed by atoms with Crippen LogP contribution in [0.15, 0.2) is 78.9 Å². The summed E-state index contributed by atoms with van der Waals surface area (Å²) in [5.74, 6) is -0.0162. The molecule has 3 aromatic rings. The highest BCUT2D eigenvalue weighted by atomic mass is 35.5. The van der Waals surface area contributed by atoms with Gasteiger partial charge in [0, 0.05) is 29.6 Å². The fourth-order valence-corrected chi connectivity index (χ4v) is 4.07. The van der Waals surface area contributed by atoms with Crippen LogP contribution in [0.25, 0.3) is 0 Å². The van der Waals surface area contributed by atoms with Gasteiger partial charge in [-0.1, -0.05) is 85.1 Å². The van der Waals surface area contributed by atoms with E-state index in [9.17, 15) is 9.59 Å². The van der Waals surface area contributed by atoms with Crippen LogP contribution in [0, 0.1) is 0 Å². The maximum absolute atomic E-state index is 13.5. The standard InChI is InChI=1S/C28H30Cl2N2O3/c1-2-3-15-31-28(34)26(17-21-9-5-4-6-10-21)32(19-22-11-7-12-23(29)16-22)27(33)20-35-25-14-8-13-24(30)18-25/h4-14,16,18,26H,2-3,15,17,19-20H2,1H3,(H,31,34)/t26-/m1/s1. The average Bonchev–Trinajstić information content (AvgIpc) is 2.85. The lowest BCUT2D eigenvalue weighted by atomic mass is 10.0. The third-order valence-corrected chi connectivity index (χ3v) is 5.97. The molecule has 3 rings (SSSR count). The molecule has 0 saturated carbocycles. The first-order valence-electron chi connectivity index (χ1n) is 11.7. The van der Waals surface area contributed by atoms with Crippen molar-refractivity contribution in [3.05, 3.63) is 100 Å². The molecule has 0 unspecified atom stereocenters. The maximum atomic E-state index is 13.5. The summed E-state index contributed by atoms with van der Waals surface area (Å²) in [7, 11) is 0. The molecule has 0 aliphatic carbocycles. The molecule has 7 heteroatoms. The zero-order valence-corrected chi connectivity index (χ0v) is 21.3. The SMILES string of the molecule is CCCCNC(=O)[C@@H](Cc1ccccc1)N(Cc1cccc(Cl)c1)C(=O)COc1cccc(Cl)c1. The number of rotatable bonds is 12. The van der Waals surface area contributed by atoms with E-state index in [4.69, 9.17) is 27.9 Å². The Morgan fingerprint density at radius 1 is 0.914 bits per heavy atom. The normalized spacial score (nSPS) is 11.5. The van der Waals surface area contributed by atoms with Gasteiger partial charge in [0.25, 0.3) is 5.91 Å². The van der Waals surface area contributed by atoms with Gasteiger partial charge in [0.05, 0.1) is 0 Å². The smallest absolute Gasteiger partial charge is 0.261 e. The van der Waals surface area contributed by atoms with Crippen molar-refractivity contribution in [2.75, 3.05) is 13.2 Å². The average molecular weight is 513 g/mol. The topological polar surface area (TPSA) is 58.6 Å². The van der Waals surface area contributed by atoms with Crippen LogP contribution in [-0.4, -0.2) is 35.9 Å². The van der Waals surface area contributed by atoms with Gasteiger partial charge in [-0.05, 0) is 47.9 Å². The highest BCUT2D eigenvalue weighted by Crippen LogP contribution is 2.20. The van der Waals surface area contributed by atoms with E-state index in [0.717, 1.165) is 24.0 Å². The predicted octanol–water partition coefficient (Wildman–Crippen LogP) is 5.93. The monoisotopic (exact) mass is 512 g/mol. The molecule has 0 aliphatic heterocycles. The molecule has 0 fully saturated rings. The van der Waals surface area contributed by atoms with E-state index in [2.05, 4.69) is 12.2 Å². The van der Waals surface area contributed by atoms with Crippen LogP contribution >= 0.6 is 23.2 Å². The van der Waals surface area contributed by atoms with E-state index in [1.165, 1.54) is 0 Å². The first-order valence-corrected chi connectivity index (χ1v) is 12.5. The van der Waals surface area contributed by atoms with Gasteiger partial charge in [-0.15, -0.1) is 0 Å². The summed E-state index contributed by atoms with van der Waals surface area (Å²) in [4.78, 5) is 28.4. The Balaban J connectivity index is 1.88. The summed E-state index contributed by atoms with van der Waals surface area (Å²) in [6, 6.07) is 23.1. The number of halogens is 2. The second-order valence-corrected chi connectivity index (χ2v) is 9.12. The quantitative estimate of drug-likeness (QED) is 0.306. The van der Waals surface area contributed by atoms with Gasteiger partial charge in [0.1, 0.15) is 11.8 Å². The van der Waals surface area contributed by atoms with Gasteiger partial charge in [-0.2, -0.15) is 0 Å². The lowest BCUT2D eigenvalue weighted by Crippen LogP contribution is -2.51. The lowest BCUT2D eigenvalue weighted by Gasteiger charge is -2.31. The van der Waals surface area contributed by atoms with Crippen LogP contribution < -0.4 is 10.1 Å². The number of benzene rings is 3. The minimum atomic E-state index is -0.719. The van der Waals surface area contributed by atoms with Crippen molar-refractivity contribution in [3.63, 3.8) is 0 Å². The van der Waals surface area contributed by atoms with Gasteiger partial charge < -0.3 is 15.0 Å². The molecule has 0 spiro atoms. The molecule has 35 heavy (non-hydrogen) atoms. The molecule has 0 aliphatic rings. The summed E-state index contributed by atoms with van der Waals surface area (Å²) in [6.07, 6.45) is 2.20. The van der Waals surface area contributed by atoms with E-state index in [0.29, 0.717) is 28.8 Å². The zero-order valence-electron chi connectivity index (χ0n) is 19.8. The summed E-state index contributed by atoms with van der Waals surface area (Å²) >= 11 is 12.2. The summed E-state index contributed by atoms with van der Waals surface area (Å²) in [5.41, 5.74) is 1.79. The Bertz CT molecular complexity index is 1110. The second-order valence-electron chi connectivity index (χ2n) is 8.25. The van der Waals surface area contributed by atoms with E-state index < -0.39 is 6.04 Å². The van der Waals surface area contributed by atoms with Crippen LogP contribution in [0.2, 0.25) is 10.0 Å². The Morgan fingerprint density at radius 2 is 1.60 bits per heavy atom. The summed E-state index contributed by atoms with van der Waals surface area (Å²) < 4.78 is 5.74. The number of amides is 2. The molecule has 0 aromatic heterocycles. The number of nitrogens with one attached hydrogen (secondary N) is 1. The van der Waals surface area contributed by atoms with Crippen LogP contribution in [-0.2, 0) is 22.6 Å². The van der Waals surface area contributed by atoms with Crippen molar-refractivity contribution in [2.45, 2.75) is 38.8 Å². The van der Waals surface area contributed by atoms with Gasteiger partial charge in [-0.25, -0.2) is 0 Å². The molecular weight excluding hydrogens is 483 g/mol. The van der Waals surface area contributed by atoms with E-state index >= 15 is 0 Å². The first kappa shape index (κ1) is 26.6. The number of hydrogen-bond acceptors (Lipinski definition) is 3. The highest BCUT2D eigenvalue weighted by Gasteiger charge is 2.30. The maximum Gasteiger partial charge on any atom is 0.261 e. The third kappa shape index (κ3) is 8.61. The third-order valence-electron chi connectivity index (χ3n) is 5.50. The van der Waals surface area contributed by atoms with Gasteiger partial charge in [0.2, 0.25) is 5.91 Å². The van der Waals surface area contributed by atoms with Crippen LogP contribution in [0.5, 0.6) is 5.75 Å². The number of carbonyl (C=O) groups excluding carboxylic acids is 2. The van der Waals surface area contributed by atoms with Gasteiger partial charge in [-0.3, -0.25) is 9.59 Å². The number of carbonyl (C=O) groups is 2. The van der Waals surface area contributed by atoms with Crippen molar-refractivity contribution in [1.29, 1.82) is 0 Å². The number of nitrogens with zero attached hydrogens (tertiary/aromatic N) is 1. The van der Waals surface area contributed by atoms with Gasteiger partial charge in [0.15, 0.2) is 6.61 Å². The molecule has 184 valence electrons. The Hall–Kier alpha value is -3.02.